The molecule has 31 heavy (non-hydrogen) atoms. The first-order valence-corrected chi connectivity index (χ1v) is 9.93. The van der Waals surface area contributed by atoms with Crippen LogP contribution in [0.3, 0.4) is 0 Å². The number of carboxylic acids is 2. The number of carbonyl (C=O) groups is 3. The Morgan fingerprint density at radius 1 is 0.839 bits per heavy atom. The molecule has 2 N–H and O–H groups in total. The van der Waals surface area contributed by atoms with Gasteiger partial charge < -0.3 is 20.0 Å². The summed E-state index contributed by atoms with van der Waals surface area (Å²) in [6.45, 7) is 0. The summed E-state index contributed by atoms with van der Waals surface area (Å²) in [5.74, 6) is -3.86. The van der Waals surface area contributed by atoms with Crippen molar-refractivity contribution in [3.63, 3.8) is 0 Å². The summed E-state index contributed by atoms with van der Waals surface area (Å²) in [5, 5.41) is 14.8. The molecule has 2 rings (SSSR count). The van der Waals surface area contributed by atoms with E-state index in [1.165, 1.54) is 25.0 Å². The molecule has 1 aromatic rings. The molecular weight excluding hydrogens is 417 g/mol. The summed E-state index contributed by atoms with van der Waals surface area (Å²) in [5.41, 5.74) is -0.432. The maximum atomic E-state index is 12.8. The number of hydrogen-bond acceptors (Lipinski definition) is 4. The summed E-state index contributed by atoms with van der Waals surface area (Å²) in [7, 11) is 5.81. The predicted molar refractivity (Wildman–Crippen MR) is 108 cm³/mol. The van der Waals surface area contributed by atoms with Crippen molar-refractivity contribution in [2.45, 2.75) is 56.8 Å². The molecule has 0 unspecified atom stereocenters. The van der Waals surface area contributed by atoms with E-state index in [2.05, 4.69) is 4.90 Å². The number of aliphatic carboxylic acids is 2. The fraction of sp³-hybridized carbons (Fsp3) is 0.571. The Morgan fingerprint density at radius 3 is 1.68 bits per heavy atom. The SMILES string of the molecule is CN(C)[C@@H]1CCCCCC[C@H]1N(C)C(=O)c1ccc(C(F)(F)F)cc1.O=C(O)C(=O)O. The Morgan fingerprint density at radius 2 is 1.29 bits per heavy atom. The standard InChI is InChI=1S/C19H27F3N2O.C2H2O4/c1-23(2)16-8-6-4-5-7-9-17(16)24(3)18(25)14-10-12-15(13-11-14)19(20,21)22;3-1(4)2(5)6/h10-13,16-17H,4-9H2,1-3H3;(H,3,4)(H,5,6)/t16-,17-;/m1./s1. The van der Waals surface area contributed by atoms with Crippen LogP contribution in [-0.2, 0) is 15.8 Å². The lowest BCUT2D eigenvalue weighted by Gasteiger charge is -2.39. The van der Waals surface area contributed by atoms with Crippen LogP contribution in [0.4, 0.5) is 13.2 Å². The molecule has 1 amide bonds. The van der Waals surface area contributed by atoms with E-state index < -0.39 is 23.7 Å². The summed E-state index contributed by atoms with van der Waals surface area (Å²) in [6, 6.07) is 4.84. The maximum absolute atomic E-state index is 12.8. The molecule has 1 aromatic carbocycles. The third-order valence-corrected chi connectivity index (χ3v) is 5.32. The number of alkyl halides is 3. The van der Waals surface area contributed by atoms with Crippen molar-refractivity contribution >= 4 is 17.8 Å². The van der Waals surface area contributed by atoms with Crippen molar-refractivity contribution < 1.29 is 37.8 Å². The van der Waals surface area contributed by atoms with Gasteiger partial charge in [-0.15, -0.1) is 0 Å². The van der Waals surface area contributed by atoms with Crippen molar-refractivity contribution in [3.8, 4) is 0 Å². The molecule has 1 aliphatic carbocycles. The lowest BCUT2D eigenvalue weighted by atomic mass is 9.90. The summed E-state index contributed by atoms with van der Waals surface area (Å²) in [6.07, 6.45) is 2.16. The monoisotopic (exact) mass is 446 g/mol. The number of carboxylic acid groups (broad SMARTS) is 2. The van der Waals surface area contributed by atoms with Crippen LogP contribution in [-0.4, -0.2) is 71.1 Å². The summed E-state index contributed by atoms with van der Waals surface area (Å²) >= 11 is 0. The molecule has 1 aliphatic rings. The van der Waals surface area contributed by atoms with E-state index in [-0.39, 0.29) is 18.0 Å². The molecule has 174 valence electrons. The highest BCUT2D eigenvalue weighted by atomic mass is 19.4. The minimum absolute atomic E-state index is 0.0742. The third kappa shape index (κ3) is 8.20. The van der Waals surface area contributed by atoms with Gasteiger partial charge in [0, 0.05) is 24.7 Å². The minimum Gasteiger partial charge on any atom is -0.473 e. The highest BCUT2D eigenvalue weighted by Gasteiger charge is 2.32. The maximum Gasteiger partial charge on any atom is 0.416 e. The molecule has 0 spiro atoms. The normalized spacial score (nSPS) is 19.5. The number of halogens is 3. The second-order valence-electron chi connectivity index (χ2n) is 7.69. The van der Waals surface area contributed by atoms with E-state index >= 15 is 0 Å². The van der Waals surface area contributed by atoms with Gasteiger partial charge >= 0.3 is 18.1 Å². The minimum atomic E-state index is -4.39. The van der Waals surface area contributed by atoms with Crippen LogP contribution in [0.2, 0.25) is 0 Å². The van der Waals surface area contributed by atoms with Crippen molar-refractivity contribution in [3.05, 3.63) is 35.4 Å². The molecule has 10 heteroatoms. The topological polar surface area (TPSA) is 98.2 Å². The predicted octanol–water partition coefficient (Wildman–Crippen LogP) is 3.59. The lowest BCUT2D eigenvalue weighted by molar-refractivity contribution is -0.159. The van der Waals surface area contributed by atoms with E-state index in [9.17, 15) is 18.0 Å². The first-order chi connectivity index (χ1) is 14.4. The third-order valence-electron chi connectivity index (χ3n) is 5.32. The Balaban J connectivity index is 0.000000703. The van der Waals surface area contributed by atoms with Crippen molar-refractivity contribution in [1.29, 1.82) is 0 Å². The summed E-state index contributed by atoms with van der Waals surface area (Å²) in [4.78, 5) is 34.9. The number of likely N-dealkylation sites (N-methyl/N-ethyl adjacent to an activating group) is 2. The molecule has 1 saturated carbocycles. The van der Waals surface area contributed by atoms with Crippen LogP contribution in [0.1, 0.15) is 54.4 Å². The fourth-order valence-corrected chi connectivity index (χ4v) is 3.66. The fourth-order valence-electron chi connectivity index (χ4n) is 3.66. The number of benzene rings is 1. The van der Waals surface area contributed by atoms with Crippen molar-refractivity contribution in [1.82, 2.24) is 9.80 Å². The molecule has 1 fully saturated rings. The van der Waals surface area contributed by atoms with Gasteiger partial charge in [-0.3, -0.25) is 4.79 Å². The molecule has 0 heterocycles. The smallest absolute Gasteiger partial charge is 0.416 e. The second-order valence-corrected chi connectivity index (χ2v) is 7.69. The van der Waals surface area contributed by atoms with Gasteiger partial charge in [-0.2, -0.15) is 13.2 Å². The van der Waals surface area contributed by atoms with E-state index in [1.54, 1.807) is 11.9 Å². The van der Waals surface area contributed by atoms with Crippen molar-refractivity contribution in [2.24, 2.45) is 0 Å². The van der Waals surface area contributed by atoms with E-state index in [4.69, 9.17) is 19.8 Å². The van der Waals surface area contributed by atoms with Crippen LogP contribution in [0.5, 0.6) is 0 Å². The highest BCUT2D eigenvalue weighted by molar-refractivity contribution is 6.27. The molecule has 0 bridgehead atoms. The molecule has 0 aliphatic heterocycles. The molecule has 2 atom stereocenters. The first-order valence-electron chi connectivity index (χ1n) is 9.93. The molecular formula is C21H29F3N2O5. The quantitative estimate of drug-likeness (QED) is 0.689. The average molecular weight is 446 g/mol. The van der Waals surface area contributed by atoms with Crippen LogP contribution >= 0.6 is 0 Å². The number of rotatable bonds is 3. The van der Waals surface area contributed by atoms with Gasteiger partial charge in [0.1, 0.15) is 0 Å². The van der Waals surface area contributed by atoms with Gasteiger partial charge in [-0.25, -0.2) is 9.59 Å². The van der Waals surface area contributed by atoms with Gasteiger partial charge in [0.05, 0.1) is 5.56 Å². The number of carbonyl (C=O) groups excluding carboxylic acids is 1. The van der Waals surface area contributed by atoms with Crippen molar-refractivity contribution in [2.75, 3.05) is 21.1 Å². The zero-order chi connectivity index (χ0) is 23.8. The van der Waals surface area contributed by atoms with Gasteiger partial charge in [-0.1, -0.05) is 25.7 Å². The largest absolute Gasteiger partial charge is 0.473 e. The molecule has 0 saturated heterocycles. The zero-order valence-corrected chi connectivity index (χ0v) is 17.9. The Kier molecular flexibility index (Phi) is 9.96. The van der Waals surface area contributed by atoms with E-state index in [1.807, 2.05) is 14.1 Å². The Bertz CT molecular complexity index is 738. The molecule has 0 radical (unpaired) electrons. The van der Waals surface area contributed by atoms with Gasteiger partial charge in [0.25, 0.3) is 5.91 Å². The summed E-state index contributed by atoms with van der Waals surface area (Å²) < 4.78 is 38.1. The van der Waals surface area contributed by atoms with Gasteiger partial charge in [-0.05, 0) is 51.2 Å². The first kappa shape index (κ1) is 26.4. The van der Waals surface area contributed by atoms with Gasteiger partial charge in [0.2, 0.25) is 0 Å². The second kappa shape index (κ2) is 11.7. The Labute approximate surface area is 179 Å². The molecule has 7 nitrogen and oxygen atoms in total. The van der Waals surface area contributed by atoms with E-state index in [0.29, 0.717) is 5.56 Å². The number of nitrogens with zero attached hydrogens (tertiary/aromatic N) is 2. The highest BCUT2D eigenvalue weighted by Crippen LogP contribution is 2.30. The average Bonchev–Trinajstić information content (AvgIpc) is 2.66. The lowest BCUT2D eigenvalue weighted by Crippen LogP contribution is -2.50. The Hall–Kier alpha value is -2.62. The van der Waals surface area contributed by atoms with E-state index in [0.717, 1.165) is 37.8 Å². The number of hydrogen-bond donors (Lipinski definition) is 2. The molecule has 0 aromatic heterocycles. The van der Waals surface area contributed by atoms with Crippen LogP contribution in [0.15, 0.2) is 24.3 Å². The number of amides is 1. The van der Waals surface area contributed by atoms with Crippen LogP contribution in [0.25, 0.3) is 0 Å². The zero-order valence-electron chi connectivity index (χ0n) is 17.9. The van der Waals surface area contributed by atoms with Crippen LogP contribution < -0.4 is 0 Å². The van der Waals surface area contributed by atoms with Gasteiger partial charge in [0.15, 0.2) is 0 Å². The van der Waals surface area contributed by atoms with Crippen LogP contribution in [0, 0.1) is 0 Å².